The second kappa shape index (κ2) is 12.9. The van der Waals surface area contributed by atoms with Gasteiger partial charge in [0.15, 0.2) is 0 Å². The van der Waals surface area contributed by atoms with Crippen LogP contribution in [0.2, 0.25) is 0 Å². The minimum atomic E-state index is -0.534. The van der Waals surface area contributed by atoms with Crippen LogP contribution in [0.5, 0.6) is 6.01 Å². The first-order valence-corrected chi connectivity index (χ1v) is 13.9. The smallest absolute Gasteiger partial charge is 0.340 e. The van der Waals surface area contributed by atoms with Crippen LogP contribution in [-0.2, 0) is 11.3 Å². The molecule has 0 saturated heterocycles. The molecule has 3 aromatic carbocycles. The van der Waals surface area contributed by atoms with E-state index in [-0.39, 0.29) is 19.8 Å². The van der Waals surface area contributed by atoms with Gasteiger partial charge in [-0.2, -0.15) is 10.2 Å². The van der Waals surface area contributed by atoms with Gasteiger partial charge < -0.3 is 19.7 Å². The number of carbonyl (C=O) groups excluding carboxylic acids is 1. The highest BCUT2D eigenvalue weighted by Crippen LogP contribution is 2.32. The van der Waals surface area contributed by atoms with E-state index in [2.05, 4.69) is 25.6 Å². The van der Waals surface area contributed by atoms with Crippen molar-refractivity contribution in [3.63, 3.8) is 0 Å². The molecule has 11 nitrogen and oxygen atoms in total. The quantitative estimate of drug-likeness (QED) is 0.177. The van der Waals surface area contributed by atoms with Gasteiger partial charge in [0.2, 0.25) is 5.82 Å². The molecule has 5 aromatic rings. The number of carbonyl (C=O) groups is 1. The maximum absolute atomic E-state index is 13.4. The number of rotatable bonds is 13. The number of aliphatic hydroxyl groups is 2. The minimum absolute atomic E-state index is 0.0599. The zero-order valence-corrected chi connectivity index (χ0v) is 23.7. The molecule has 0 bridgehead atoms. The third-order valence-corrected chi connectivity index (χ3v) is 7.33. The molecule has 0 amide bonds. The number of imidazole rings is 1. The number of benzene rings is 3. The number of ether oxygens (including phenoxy) is 2. The highest BCUT2D eigenvalue weighted by Gasteiger charge is 2.27. The van der Waals surface area contributed by atoms with Gasteiger partial charge >= 0.3 is 5.97 Å². The molecule has 11 heteroatoms. The number of aliphatic hydroxyl groups excluding tert-OH is 2. The first-order valence-electron chi connectivity index (χ1n) is 13.9. The molecule has 0 aliphatic heterocycles. The zero-order chi connectivity index (χ0) is 29.5. The number of tetrazole rings is 1. The number of hydrogen-bond acceptors (Lipinski definition) is 9. The SMILES string of the molecule is CCOc1nc2cccc(C(=O)OCC(C)(CCO)CCO)c2n1Cc1ccc(-c2ccccc2-c2nn[nH]n2)cc1. The Morgan fingerprint density at radius 3 is 2.38 bits per heavy atom. The van der Waals surface area contributed by atoms with E-state index in [1.807, 2.05) is 73.0 Å². The van der Waals surface area contributed by atoms with Crippen LogP contribution < -0.4 is 4.74 Å². The summed E-state index contributed by atoms with van der Waals surface area (Å²) in [4.78, 5) is 18.0. The van der Waals surface area contributed by atoms with Gasteiger partial charge in [0.05, 0.1) is 36.4 Å². The topological polar surface area (TPSA) is 148 Å². The Bertz CT molecular complexity index is 1630. The number of aromatic nitrogens is 6. The predicted molar refractivity (Wildman–Crippen MR) is 157 cm³/mol. The van der Waals surface area contributed by atoms with Crippen molar-refractivity contribution >= 4 is 17.0 Å². The van der Waals surface area contributed by atoms with Gasteiger partial charge in [-0.1, -0.05) is 61.5 Å². The van der Waals surface area contributed by atoms with Crippen LogP contribution in [-0.4, -0.2) is 72.8 Å². The number of nitrogens with one attached hydrogen (secondary N) is 1. The Labute approximate surface area is 243 Å². The first-order chi connectivity index (χ1) is 20.5. The van der Waals surface area contributed by atoms with Crippen molar-refractivity contribution < 1.29 is 24.5 Å². The summed E-state index contributed by atoms with van der Waals surface area (Å²) in [7, 11) is 0. The highest BCUT2D eigenvalue weighted by atomic mass is 16.5. The third-order valence-electron chi connectivity index (χ3n) is 7.33. The zero-order valence-electron chi connectivity index (χ0n) is 23.7. The van der Waals surface area contributed by atoms with Crippen molar-refractivity contribution in [3.05, 3.63) is 77.9 Å². The second-order valence-electron chi connectivity index (χ2n) is 10.4. The van der Waals surface area contributed by atoms with E-state index < -0.39 is 11.4 Å². The van der Waals surface area contributed by atoms with E-state index in [9.17, 15) is 15.0 Å². The maximum Gasteiger partial charge on any atom is 0.340 e. The van der Waals surface area contributed by atoms with Crippen LogP contribution in [0.15, 0.2) is 66.7 Å². The Morgan fingerprint density at radius 2 is 1.71 bits per heavy atom. The molecule has 0 spiro atoms. The molecule has 2 aromatic heterocycles. The first kappa shape index (κ1) is 28.9. The number of hydrogen-bond donors (Lipinski definition) is 3. The Morgan fingerprint density at radius 1 is 0.976 bits per heavy atom. The maximum atomic E-state index is 13.4. The number of nitrogens with zero attached hydrogens (tertiary/aromatic N) is 5. The molecule has 0 unspecified atom stereocenters. The van der Waals surface area contributed by atoms with Crippen LogP contribution in [0.3, 0.4) is 0 Å². The molecule has 0 atom stereocenters. The third kappa shape index (κ3) is 6.17. The van der Waals surface area contributed by atoms with Gasteiger partial charge in [0, 0.05) is 24.2 Å². The number of fused-ring (bicyclic) bond motifs is 1. The lowest BCUT2D eigenvalue weighted by Crippen LogP contribution is -2.28. The molecule has 0 saturated carbocycles. The summed E-state index contributed by atoms with van der Waals surface area (Å²) in [6.45, 7) is 4.55. The molecule has 218 valence electrons. The van der Waals surface area contributed by atoms with Crippen molar-refractivity contribution in [2.75, 3.05) is 26.4 Å². The van der Waals surface area contributed by atoms with Gasteiger partial charge in [-0.05, 0) is 53.8 Å². The summed E-state index contributed by atoms with van der Waals surface area (Å²) < 4.78 is 13.5. The van der Waals surface area contributed by atoms with Crippen molar-refractivity contribution in [1.82, 2.24) is 30.2 Å². The highest BCUT2D eigenvalue weighted by molar-refractivity contribution is 6.02. The van der Waals surface area contributed by atoms with Crippen molar-refractivity contribution in [2.24, 2.45) is 5.41 Å². The Balaban J connectivity index is 1.45. The van der Waals surface area contributed by atoms with Crippen LogP contribution in [0.4, 0.5) is 0 Å². The molecular weight excluding hydrogens is 536 g/mol. The fourth-order valence-corrected chi connectivity index (χ4v) is 5.02. The van der Waals surface area contributed by atoms with Crippen molar-refractivity contribution in [2.45, 2.75) is 33.2 Å². The van der Waals surface area contributed by atoms with E-state index in [4.69, 9.17) is 9.47 Å². The summed E-state index contributed by atoms with van der Waals surface area (Å²) >= 11 is 0. The van der Waals surface area contributed by atoms with E-state index >= 15 is 0 Å². The molecule has 2 heterocycles. The molecular formula is C31H34N6O5. The molecule has 0 fully saturated rings. The normalized spacial score (nSPS) is 11.6. The summed E-state index contributed by atoms with van der Waals surface area (Å²) in [6.07, 6.45) is 0.820. The van der Waals surface area contributed by atoms with Crippen LogP contribution >= 0.6 is 0 Å². The fraction of sp³-hybridized carbons (Fsp3) is 0.323. The summed E-state index contributed by atoms with van der Waals surface area (Å²) in [5.74, 6) is 0.0219. The van der Waals surface area contributed by atoms with Gasteiger partial charge in [0.1, 0.15) is 0 Å². The van der Waals surface area contributed by atoms with Crippen LogP contribution in [0, 0.1) is 5.41 Å². The second-order valence-corrected chi connectivity index (χ2v) is 10.4. The lowest BCUT2D eigenvalue weighted by atomic mass is 9.85. The summed E-state index contributed by atoms with van der Waals surface area (Å²) in [6, 6.07) is 21.7. The van der Waals surface area contributed by atoms with Crippen LogP contribution in [0.25, 0.3) is 33.5 Å². The number of esters is 1. The van der Waals surface area contributed by atoms with Crippen molar-refractivity contribution in [1.29, 1.82) is 0 Å². The molecule has 5 rings (SSSR count). The average molecular weight is 571 g/mol. The average Bonchev–Trinajstić information content (AvgIpc) is 3.66. The Hall–Kier alpha value is -4.61. The largest absolute Gasteiger partial charge is 0.465 e. The van der Waals surface area contributed by atoms with Crippen LogP contribution in [0.1, 0.15) is 42.6 Å². The number of aromatic amines is 1. The molecule has 3 N–H and O–H groups in total. The Kier molecular flexibility index (Phi) is 8.89. The summed E-state index contributed by atoms with van der Waals surface area (Å²) in [5.41, 5.74) is 4.90. The standard InChI is InChI=1S/C31H34N6O5/c1-3-41-30-32-26-10-6-9-25(29(40)42-20-31(2,15-17-38)16-18-39)27(26)37(30)19-21-11-13-22(14-12-21)23-7-4-5-8-24(23)28-33-35-36-34-28/h4-14,38-39H,3,15-20H2,1-2H3,(H,33,34,35,36). The van der Waals surface area contributed by atoms with E-state index in [0.29, 0.717) is 54.4 Å². The van der Waals surface area contributed by atoms with E-state index in [1.54, 1.807) is 12.1 Å². The lowest BCUT2D eigenvalue weighted by molar-refractivity contribution is 0.0192. The van der Waals surface area contributed by atoms with E-state index in [0.717, 1.165) is 22.3 Å². The molecule has 0 aliphatic rings. The van der Waals surface area contributed by atoms with Gasteiger partial charge in [-0.15, -0.1) is 10.2 Å². The molecule has 0 aliphatic carbocycles. The molecule has 42 heavy (non-hydrogen) atoms. The molecule has 0 radical (unpaired) electrons. The predicted octanol–water partition coefficient (Wildman–Crippen LogP) is 4.26. The van der Waals surface area contributed by atoms with Gasteiger partial charge in [-0.3, -0.25) is 4.57 Å². The van der Waals surface area contributed by atoms with Gasteiger partial charge in [0.25, 0.3) is 6.01 Å². The lowest BCUT2D eigenvalue weighted by Gasteiger charge is -2.27. The summed E-state index contributed by atoms with van der Waals surface area (Å²) in [5, 5.41) is 33.4. The monoisotopic (exact) mass is 570 g/mol. The van der Waals surface area contributed by atoms with Gasteiger partial charge in [-0.25, -0.2) is 4.79 Å². The fourth-order valence-electron chi connectivity index (χ4n) is 5.02. The number of H-pyrrole nitrogens is 1. The van der Waals surface area contributed by atoms with E-state index in [1.165, 1.54) is 0 Å². The number of para-hydroxylation sites is 1. The van der Waals surface area contributed by atoms with Crippen molar-refractivity contribution in [3.8, 4) is 28.5 Å². The minimum Gasteiger partial charge on any atom is -0.465 e.